The first-order chi connectivity index (χ1) is 17.7. The molecule has 2 aliphatic heterocycles. The van der Waals surface area contributed by atoms with Crippen LogP contribution in [0, 0.1) is 13.8 Å². The van der Waals surface area contributed by atoms with Crippen LogP contribution >= 0.6 is 23.5 Å². The van der Waals surface area contributed by atoms with Crippen LogP contribution in [-0.2, 0) is 0 Å². The number of allylic oxidation sites excluding steroid dienone is 1. The predicted molar refractivity (Wildman–Crippen MR) is 157 cm³/mol. The maximum Gasteiger partial charge on any atom is 0.0201 e. The molecule has 0 amide bonds. The van der Waals surface area contributed by atoms with Gasteiger partial charge in [0.05, 0.1) is 0 Å². The second kappa shape index (κ2) is 8.73. The van der Waals surface area contributed by atoms with E-state index in [-0.39, 0.29) is 0 Å². The molecule has 5 aromatic carbocycles. The van der Waals surface area contributed by atoms with Crippen molar-refractivity contribution in [2.24, 2.45) is 0 Å². The van der Waals surface area contributed by atoms with Gasteiger partial charge in [-0.3, -0.25) is 0 Å². The van der Waals surface area contributed by atoms with Gasteiger partial charge in [-0.15, -0.1) is 11.8 Å². The first kappa shape index (κ1) is 22.0. The van der Waals surface area contributed by atoms with Gasteiger partial charge >= 0.3 is 0 Å². The SMILES string of the molecule is Cc1cccc(C)c1-c1ccc2c(c1)/C(=C1\CCSc3ccc4ccccc4c31)c1ccccc1S2. The number of aryl methyl sites for hydroxylation is 2. The topological polar surface area (TPSA) is 0 Å². The molecule has 0 fully saturated rings. The molecule has 0 saturated carbocycles. The van der Waals surface area contributed by atoms with E-state index in [4.69, 9.17) is 0 Å². The van der Waals surface area contributed by atoms with Gasteiger partial charge < -0.3 is 0 Å². The van der Waals surface area contributed by atoms with Gasteiger partial charge in [0.25, 0.3) is 0 Å². The van der Waals surface area contributed by atoms with E-state index in [1.807, 2.05) is 23.5 Å². The summed E-state index contributed by atoms with van der Waals surface area (Å²) in [6.07, 6.45) is 1.08. The molecule has 0 spiro atoms. The lowest BCUT2D eigenvalue weighted by molar-refractivity contribution is 1.19. The van der Waals surface area contributed by atoms with Crippen LogP contribution in [0.15, 0.2) is 112 Å². The van der Waals surface area contributed by atoms with Gasteiger partial charge in [0.15, 0.2) is 0 Å². The molecule has 0 bridgehead atoms. The minimum Gasteiger partial charge on any atom is -0.125 e. The fourth-order valence-electron chi connectivity index (χ4n) is 5.91. The number of rotatable bonds is 1. The molecular formula is C34H26S2. The third-order valence-corrected chi connectivity index (χ3v) is 9.71. The zero-order chi connectivity index (χ0) is 24.2. The summed E-state index contributed by atoms with van der Waals surface area (Å²) in [5.74, 6) is 1.12. The minimum absolute atomic E-state index is 1.08. The fourth-order valence-corrected chi connectivity index (χ4v) is 8.05. The van der Waals surface area contributed by atoms with E-state index >= 15 is 0 Å². The normalized spacial score (nSPS) is 16.4. The van der Waals surface area contributed by atoms with Crippen molar-refractivity contribution in [1.29, 1.82) is 0 Å². The summed E-state index contributed by atoms with van der Waals surface area (Å²) in [5, 5.41) is 2.69. The molecule has 0 nitrogen and oxygen atoms in total. The van der Waals surface area contributed by atoms with Crippen molar-refractivity contribution in [3.05, 3.63) is 125 Å². The number of hydrogen-bond donors (Lipinski definition) is 0. The van der Waals surface area contributed by atoms with Gasteiger partial charge in [0, 0.05) is 20.4 Å². The van der Waals surface area contributed by atoms with Crippen LogP contribution in [0.1, 0.15) is 34.2 Å². The first-order valence-electron chi connectivity index (χ1n) is 12.6. The molecule has 2 heteroatoms. The van der Waals surface area contributed by atoms with E-state index in [2.05, 4.69) is 111 Å². The summed E-state index contributed by atoms with van der Waals surface area (Å²) in [5.41, 5.74) is 12.4. The smallest absolute Gasteiger partial charge is 0.0201 e. The average molecular weight is 499 g/mol. The molecule has 0 unspecified atom stereocenters. The van der Waals surface area contributed by atoms with Crippen LogP contribution in [0.3, 0.4) is 0 Å². The largest absolute Gasteiger partial charge is 0.125 e. The Morgan fingerprint density at radius 3 is 2.25 bits per heavy atom. The third kappa shape index (κ3) is 3.47. The lowest BCUT2D eigenvalue weighted by Gasteiger charge is -2.29. The van der Waals surface area contributed by atoms with Crippen molar-refractivity contribution in [2.75, 3.05) is 5.75 Å². The zero-order valence-electron chi connectivity index (χ0n) is 20.5. The molecule has 0 saturated heterocycles. The van der Waals surface area contributed by atoms with E-state index in [9.17, 15) is 0 Å². The molecule has 2 aliphatic rings. The molecule has 174 valence electrons. The Kier molecular flexibility index (Phi) is 5.34. The van der Waals surface area contributed by atoms with Crippen molar-refractivity contribution < 1.29 is 0 Å². The molecule has 0 radical (unpaired) electrons. The van der Waals surface area contributed by atoms with Crippen LogP contribution in [0.2, 0.25) is 0 Å². The standard InChI is InChI=1S/C34H26S2/c1-21-8-7-9-22(2)32(21)24-15-16-30-28(20-24)33(26-12-5-6-13-29(26)36-30)27-18-19-35-31-17-14-23-10-3-4-11-25(23)34(27)31/h3-17,20H,18-19H2,1-2H3/b33-27+. The van der Waals surface area contributed by atoms with Crippen LogP contribution in [-0.4, -0.2) is 5.75 Å². The van der Waals surface area contributed by atoms with Crippen molar-refractivity contribution in [3.8, 4) is 11.1 Å². The van der Waals surface area contributed by atoms with Crippen molar-refractivity contribution in [3.63, 3.8) is 0 Å². The second-order valence-corrected chi connectivity index (χ2v) is 11.9. The maximum atomic E-state index is 2.46. The lowest BCUT2D eigenvalue weighted by atomic mass is 9.84. The van der Waals surface area contributed by atoms with E-state index in [0.717, 1.165) is 12.2 Å². The fraction of sp³-hybridized carbons (Fsp3) is 0.118. The molecular weight excluding hydrogens is 473 g/mol. The summed E-state index contributed by atoms with van der Waals surface area (Å²) in [6, 6.07) is 36.2. The Hall–Kier alpha value is -3.20. The Labute approximate surface area is 221 Å². The number of hydrogen-bond acceptors (Lipinski definition) is 2. The summed E-state index contributed by atoms with van der Waals surface area (Å²) in [7, 11) is 0. The molecule has 36 heavy (non-hydrogen) atoms. The Balaban J connectivity index is 1.57. The van der Waals surface area contributed by atoms with E-state index in [0.29, 0.717) is 0 Å². The molecule has 0 atom stereocenters. The van der Waals surface area contributed by atoms with Crippen molar-refractivity contribution >= 4 is 45.4 Å². The lowest BCUT2D eigenvalue weighted by Crippen LogP contribution is -2.07. The van der Waals surface area contributed by atoms with Gasteiger partial charge in [-0.05, 0) is 105 Å². The Morgan fingerprint density at radius 2 is 1.36 bits per heavy atom. The predicted octanol–water partition coefficient (Wildman–Crippen LogP) is 10.0. The van der Waals surface area contributed by atoms with Crippen molar-refractivity contribution in [1.82, 2.24) is 0 Å². The molecule has 0 aliphatic carbocycles. The first-order valence-corrected chi connectivity index (χ1v) is 14.4. The van der Waals surface area contributed by atoms with E-state index in [1.165, 1.54) is 75.5 Å². The third-order valence-electron chi connectivity index (χ3n) is 7.50. The monoisotopic (exact) mass is 498 g/mol. The number of fused-ring (bicyclic) bond motifs is 5. The molecule has 0 aromatic heterocycles. The van der Waals surface area contributed by atoms with Crippen molar-refractivity contribution in [2.45, 2.75) is 35.0 Å². The van der Waals surface area contributed by atoms with Gasteiger partial charge in [-0.2, -0.15) is 0 Å². The van der Waals surface area contributed by atoms with Gasteiger partial charge in [0.1, 0.15) is 0 Å². The molecule has 5 aromatic rings. The molecule has 0 N–H and O–H groups in total. The summed E-state index contributed by atoms with van der Waals surface area (Å²) in [4.78, 5) is 4.11. The molecule has 2 heterocycles. The van der Waals surface area contributed by atoms with Crippen LogP contribution in [0.5, 0.6) is 0 Å². The van der Waals surface area contributed by atoms with Gasteiger partial charge in [-0.25, -0.2) is 0 Å². The summed E-state index contributed by atoms with van der Waals surface area (Å²) < 4.78 is 0. The zero-order valence-corrected chi connectivity index (χ0v) is 22.1. The number of thioether (sulfide) groups is 1. The average Bonchev–Trinajstić information content (AvgIpc) is 2.91. The summed E-state index contributed by atoms with van der Waals surface area (Å²) in [6.45, 7) is 4.46. The number of benzene rings is 5. The van der Waals surface area contributed by atoms with Gasteiger partial charge in [0.2, 0.25) is 0 Å². The summed E-state index contributed by atoms with van der Waals surface area (Å²) >= 11 is 3.91. The Morgan fingerprint density at radius 1 is 0.611 bits per heavy atom. The minimum atomic E-state index is 1.08. The van der Waals surface area contributed by atoms with E-state index < -0.39 is 0 Å². The maximum absolute atomic E-state index is 2.46. The van der Waals surface area contributed by atoms with E-state index in [1.54, 1.807) is 0 Å². The van der Waals surface area contributed by atoms with Crippen LogP contribution in [0.25, 0.3) is 33.0 Å². The van der Waals surface area contributed by atoms with Crippen LogP contribution < -0.4 is 0 Å². The van der Waals surface area contributed by atoms with Gasteiger partial charge in [-0.1, -0.05) is 84.6 Å². The molecule has 7 rings (SSSR count). The highest BCUT2D eigenvalue weighted by atomic mass is 32.2. The highest BCUT2D eigenvalue weighted by molar-refractivity contribution is 7.99. The second-order valence-electron chi connectivity index (χ2n) is 9.69. The highest BCUT2D eigenvalue weighted by Crippen LogP contribution is 2.52. The quantitative estimate of drug-likeness (QED) is 0.221. The Bertz CT molecular complexity index is 1690. The highest BCUT2D eigenvalue weighted by Gasteiger charge is 2.28. The van der Waals surface area contributed by atoms with Crippen LogP contribution in [0.4, 0.5) is 0 Å².